The molecule has 0 aliphatic carbocycles. The number of nitrogens with zero attached hydrogens (tertiary/aromatic N) is 1. The van der Waals surface area contributed by atoms with Gasteiger partial charge in [0.2, 0.25) is 0 Å². The van der Waals surface area contributed by atoms with Gasteiger partial charge < -0.3 is 20.3 Å². The molecule has 0 saturated carbocycles. The van der Waals surface area contributed by atoms with Crippen molar-refractivity contribution in [3.63, 3.8) is 0 Å². The maximum atomic E-state index is 13.2. The molecule has 1 amide bonds. The molecule has 7 heteroatoms. The van der Waals surface area contributed by atoms with Crippen molar-refractivity contribution >= 4 is 17.7 Å². The van der Waals surface area contributed by atoms with E-state index in [4.69, 9.17) is 4.74 Å². The second-order valence-corrected chi connectivity index (χ2v) is 16.7. The number of hydrogen-bond donors (Lipinski definition) is 2. The van der Waals surface area contributed by atoms with Crippen molar-refractivity contribution in [3.8, 4) is 0 Å². The van der Waals surface area contributed by atoms with E-state index in [-0.39, 0.29) is 28.7 Å². The van der Waals surface area contributed by atoms with Crippen LogP contribution in [0.2, 0.25) is 0 Å². The molecule has 0 fully saturated rings. The van der Waals surface area contributed by atoms with Gasteiger partial charge in [0.25, 0.3) is 0 Å². The highest BCUT2D eigenvalue weighted by Gasteiger charge is 2.42. The molecule has 0 spiro atoms. The van der Waals surface area contributed by atoms with E-state index >= 15 is 0 Å². The van der Waals surface area contributed by atoms with Gasteiger partial charge in [0.1, 0.15) is 0 Å². The Morgan fingerprint density at radius 2 is 0.927 bits per heavy atom. The highest BCUT2D eigenvalue weighted by Crippen LogP contribution is 2.30. The molecule has 0 bridgehead atoms. The van der Waals surface area contributed by atoms with Crippen molar-refractivity contribution in [2.24, 2.45) is 10.8 Å². The Bertz CT molecular complexity index is 842. The van der Waals surface area contributed by atoms with Crippen LogP contribution in [0.4, 0.5) is 4.79 Å². The Morgan fingerprint density at radius 1 is 0.561 bits per heavy atom. The van der Waals surface area contributed by atoms with Crippen LogP contribution in [0.15, 0.2) is 0 Å². The summed E-state index contributed by atoms with van der Waals surface area (Å²) in [5.41, 5.74) is -2.40. The lowest BCUT2D eigenvalue weighted by molar-refractivity contribution is -0.134. The van der Waals surface area contributed by atoms with Crippen LogP contribution in [0.5, 0.6) is 0 Å². The summed E-state index contributed by atoms with van der Waals surface area (Å²) in [6, 6.07) is 0. The zero-order chi connectivity index (χ0) is 32.5. The Kier molecular flexibility index (Phi) is 14.8. The first-order valence-electron chi connectivity index (χ1n) is 15.8. The Balaban J connectivity index is 4.55. The van der Waals surface area contributed by atoms with Gasteiger partial charge in [0, 0.05) is 35.5 Å². The van der Waals surface area contributed by atoms with Gasteiger partial charge in [-0.3, -0.25) is 9.59 Å². The van der Waals surface area contributed by atoms with Gasteiger partial charge in [-0.25, -0.2) is 4.79 Å². The summed E-state index contributed by atoms with van der Waals surface area (Å²) in [5, 5.41) is 7.12. The van der Waals surface area contributed by atoms with E-state index in [1.54, 1.807) is 11.9 Å². The number of ketones is 2. The van der Waals surface area contributed by atoms with E-state index in [9.17, 15) is 14.4 Å². The van der Waals surface area contributed by atoms with Gasteiger partial charge in [0.05, 0.1) is 17.7 Å². The average molecular weight is 582 g/mol. The van der Waals surface area contributed by atoms with E-state index in [0.29, 0.717) is 26.0 Å². The number of rotatable bonds is 16. The highest BCUT2D eigenvalue weighted by atomic mass is 16.6. The molecule has 0 aliphatic heterocycles. The standard InChI is InChI=1S/C34H67N3O4/c1-29(2,3)26(38)33(13,35-31(7,8)9)22-19-17-16-18-20-25-41-28(40)37(15)24-21-23-34(14,36-32(10,11)12)27(39)30(4,5)6/h35-36H,16-25H2,1-15H3/t33-,34+/m1/s1. The third-order valence-corrected chi connectivity index (χ3v) is 7.20. The van der Waals surface area contributed by atoms with Crippen LogP contribution in [0.3, 0.4) is 0 Å². The van der Waals surface area contributed by atoms with Crippen LogP contribution in [-0.4, -0.2) is 64.9 Å². The lowest BCUT2D eigenvalue weighted by atomic mass is 9.75. The molecule has 242 valence electrons. The molecule has 0 aromatic heterocycles. The number of unbranched alkanes of at least 4 members (excludes halogenated alkanes) is 4. The minimum Gasteiger partial charge on any atom is -0.449 e. The molecule has 0 aliphatic rings. The number of carbonyl (C=O) groups excluding carboxylic acids is 3. The van der Waals surface area contributed by atoms with Crippen molar-refractivity contribution in [2.75, 3.05) is 20.2 Å². The minimum absolute atomic E-state index is 0.139. The molecule has 0 saturated heterocycles. The summed E-state index contributed by atoms with van der Waals surface area (Å²) in [4.78, 5) is 40.5. The topological polar surface area (TPSA) is 87.7 Å². The van der Waals surface area contributed by atoms with E-state index in [2.05, 4.69) is 52.2 Å². The average Bonchev–Trinajstić information content (AvgIpc) is 2.75. The van der Waals surface area contributed by atoms with Crippen LogP contribution < -0.4 is 10.6 Å². The molecule has 0 radical (unpaired) electrons. The fraction of sp³-hybridized carbons (Fsp3) is 0.912. The molecule has 2 atom stereocenters. The van der Waals surface area contributed by atoms with Gasteiger partial charge in [-0.1, -0.05) is 67.2 Å². The lowest BCUT2D eigenvalue weighted by Gasteiger charge is -2.40. The Morgan fingerprint density at radius 3 is 1.32 bits per heavy atom. The van der Waals surface area contributed by atoms with Crippen LogP contribution in [-0.2, 0) is 14.3 Å². The molecule has 41 heavy (non-hydrogen) atoms. The quantitative estimate of drug-likeness (QED) is 0.182. The maximum Gasteiger partial charge on any atom is 0.409 e. The van der Waals surface area contributed by atoms with Crippen LogP contribution >= 0.6 is 0 Å². The van der Waals surface area contributed by atoms with Crippen molar-refractivity contribution in [2.45, 2.75) is 170 Å². The number of ether oxygens (including phenoxy) is 1. The summed E-state index contributed by atoms with van der Waals surface area (Å²) in [7, 11) is 1.75. The van der Waals surface area contributed by atoms with Gasteiger partial charge in [0.15, 0.2) is 11.6 Å². The van der Waals surface area contributed by atoms with E-state index < -0.39 is 21.9 Å². The van der Waals surface area contributed by atoms with E-state index in [1.165, 1.54) is 0 Å². The lowest BCUT2D eigenvalue weighted by Crippen LogP contribution is -2.60. The zero-order valence-corrected chi connectivity index (χ0v) is 29.7. The van der Waals surface area contributed by atoms with Gasteiger partial charge in [-0.05, 0) is 81.1 Å². The molecular weight excluding hydrogens is 514 g/mol. The molecule has 0 aromatic rings. The molecule has 2 N–H and O–H groups in total. The van der Waals surface area contributed by atoms with Crippen LogP contribution in [0, 0.1) is 10.8 Å². The Labute approximate surface area is 253 Å². The number of hydrogen-bond acceptors (Lipinski definition) is 6. The predicted octanol–water partition coefficient (Wildman–Crippen LogP) is 7.70. The maximum absolute atomic E-state index is 13.2. The highest BCUT2D eigenvalue weighted by molar-refractivity contribution is 5.93. The van der Waals surface area contributed by atoms with Crippen molar-refractivity contribution in [1.29, 1.82) is 0 Å². The second kappa shape index (κ2) is 15.3. The molecule has 0 aromatic carbocycles. The summed E-state index contributed by atoms with van der Waals surface area (Å²) >= 11 is 0. The SMILES string of the molecule is CN(CCC[C@](C)(NC(C)(C)C)C(=O)C(C)(C)C)C(=O)OCCCCCCC[C@@](C)(NC(C)(C)C)C(=O)C(C)(C)C. The normalized spacial score (nSPS) is 16.1. The number of Topliss-reactive ketones (excluding diaryl/α,β-unsaturated/α-hetero) is 2. The first-order valence-corrected chi connectivity index (χ1v) is 15.8. The Hall–Kier alpha value is -1.47. The van der Waals surface area contributed by atoms with Gasteiger partial charge in [-0.15, -0.1) is 0 Å². The number of amides is 1. The monoisotopic (exact) mass is 582 g/mol. The summed E-state index contributed by atoms with van der Waals surface area (Å²) < 4.78 is 5.50. The van der Waals surface area contributed by atoms with Crippen LogP contribution in [0.25, 0.3) is 0 Å². The van der Waals surface area contributed by atoms with Crippen molar-refractivity contribution < 1.29 is 19.1 Å². The summed E-state index contributed by atoms with van der Waals surface area (Å²) in [6.45, 7) is 29.3. The molecule has 7 nitrogen and oxygen atoms in total. The first kappa shape index (κ1) is 39.5. The number of carbonyl (C=O) groups is 3. The summed E-state index contributed by atoms with van der Waals surface area (Å²) in [6.07, 6.45) is 6.71. The molecule has 0 rings (SSSR count). The summed E-state index contributed by atoms with van der Waals surface area (Å²) in [5.74, 6) is 0.438. The molecule has 0 unspecified atom stereocenters. The third kappa shape index (κ3) is 15.5. The van der Waals surface area contributed by atoms with Crippen molar-refractivity contribution in [3.05, 3.63) is 0 Å². The fourth-order valence-corrected chi connectivity index (χ4v) is 5.92. The van der Waals surface area contributed by atoms with Gasteiger partial charge in [-0.2, -0.15) is 0 Å². The number of nitrogens with one attached hydrogen (secondary N) is 2. The molecule has 0 heterocycles. The minimum atomic E-state index is -0.665. The first-order chi connectivity index (χ1) is 18.2. The van der Waals surface area contributed by atoms with E-state index in [0.717, 1.165) is 38.5 Å². The van der Waals surface area contributed by atoms with E-state index in [1.807, 2.05) is 55.4 Å². The predicted molar refractivity (Wildman–Crippen MR) is 172 cm³/mol. The van der Waals surface area contributed by atoms with Crippen molar-refractivity contribution in [1.82, 2.24) is 15.5 Å². The second-order valence-electron chi connectivity index (χ2n) is 16.7. The zero-order valence-electron chi connectivity index (χ0n) is 29.7. The largest absolute Gasteiger partial charge is 0.449 e. The molecular formula is C34H67N3O4. The van der Waals surface area contributed by atoms with Gasteiger partial charge >= 0.3 is 6.09 Å². The third-order valence-electron chi connectivity index (χ3n) is 7.20. The fourth-order valence-electron chi connectivity index (χ4n) is 5.92. The van der Waals surface area contributed by atoms with Crippen LogP contribution in [0.1, 0.15) is 148 Å². The smallest absolute Gasteiger partial charge is 0.409 e.